The van der Waals surface area contributed by atoms with E-state index in [9.17, 15) is 4.79 Å². The lowest BCUT2D eigenvalue weighted by Gasteiger charge is -2.07. The summed E-state index contributed by atoms with van der Waals surface area (Å²) in [5.74, 6) is -0.155. The number of pyridine rings is 2. The Labute approximate surface area is 98.2 Å². The summed E-state index contributed by atoms with van der Waals surface area (Å²) in [6, 6.07) is 8.54. The molecule has 0 amide bonds. The molecule has 0 spiro atoms. The van der Waals surface area contributed by atoms with Crippen LogP contribution in [-0.4, -0.2) is 21.0 Å². The van der Waals surface area contributed by atoms with Gasteiger partial charge in [0.05, 0.1) is 0 Å². The zero-order valence-electron chi connectivity index (χ0n) is 9.21. The molecule has 86 valence electrons. The standard InChI is InChI=1S/C12H11N3O2/c1-8-4-2-6-10(14-8)15-11-9(12(16)17)5-3-7-13-11/h2-7H,1H3,(H,16,17)(H,13,14,15). The fraction of sp³-hybridized carbons (Fsp3) is 0.0833. The number of hydrogen-bond donors (Lipinski definition) is 2. The summed E-state index contributed by atoms with van der Waals surface area (Å²) in [6.45, 7) is 1.86. The fourth-order valence-electron chi connectivity index (χ4n) is 1.41. The molecule has 2 heterocycles. The van der Waals surface area contributed by atoms with Crippen molar-refractivity contribution in [1.29, 1.82) is 0 Å². The van der Waals surface area contributed by atoms with Crippen LogP contribution in [-0.2, 0) is 0 Å². The Morgan fingerprint density at radius 1 is 1.29 bits per heavy atom. The number of carbonyl (C=O) groups is 1. The Morgan fingerprint density at radius 2 is 2.12 bits per heavy atom. The first-order valence-electron chi connectivity index (χ1n) is 5.06. The van der Waals surface area contributed by atoms with Gasteiger partial charge in [-0.25, -0.2) is 14.8 Å². The van der Waals surface area contributed by atoms with Gasteiger partial charge in [0.1, 0.15) is 17.2 Å². The molecule has 0 saturated carbocycles. The summed E-state index contributed by atoms with van der Waals surface area (Å²) >= 11 is 0. The molecular weight excluding hydrogens is 218 g/mol. The predicted molar refractivity (Wildman–Crippen MR) is 63.5 cm³/mol. The molecular formula is C12H11N3O2. The van der Waals surface area contributed by atoms with Crippen LogP contribution in [0, 0.1) is 6.92 Å². The molecule has 0 atom stereocenters. The van der Waals surface area contributed by atoms with Crippen molar-refractivity contribution in [2.45, 2.75) is 6.92 Å². The third-order valence-corrected chi connectivity index (χ3v) is 2.17. The summed E-state index contributed by atoms with van der Waals surface area (Å²) in [4.78, 5) is 19.2. The van der Waals surface area contributed by atoms with E-state index >= 15 is 0 Å². The third-order valence-electron chi connectivity index (χ3n) is 2.17. The minimum atomic E-state index is -1.02. The van der Waals surface area contributed by atoms with Crippen molar-refractivity contribution in [3.63, 3.8) is 0 Å². The molecule has 5 heteroatoms. The van der Waals surface area contributed by atoms with Crippen LogP contribution >= 0.6 is 0 Å². The van der Waals surface area contributed by atoms with Crippen LogP contribution in [0.1, 0.15) is 16.1 Å². The van der Waals surface area contributed by atoms with Gasteiger partial charge in [-0.1, -0.05) is 6.07 Å². The highest BCUT2D eigenvalue weighted by Crippen LogP contribution is 2.16. The van der Waals surface area contributed by atoms with Gasteiger partial charge >= 0.3 is 5.97 Å². The van der Waals surface area contributed by atoms with Gasteiger partial charge in [0.25, 0.3) is 0 Å². The number of aryl methyl sites for hydroxylation is 1. The molecule has 0 unspecified atom stereocenters. The lowest BCUT2D eigenvalue weighted by Crippen LogP contribution is -2.05. The molecule has 17 heavy (non-hydrogen) atoms. The second-order valence-electron chi connectivity index (χ2n) is 3.49. The van der Waals surface area contributed by atoms with Crippen molar-refractivity contribution < 1.29 is 9.90 Å². The first-order valence-corrected chi connectivity index (χ1v) is 5.06. The van der Waals surface area contributed by atoms with Gasteiger partial charge in [0.2, 0.25) is 0 Å². The Bertz CT molecular complexity index is 555. The number of hydrogen-bond acceptors (Lipinski definition) is 4. The summed E-state index contributed by atoms with van der Waals surface area (Å²) in [7, 11) is 0. The highest BCUT2D eigenvalue weighted by Gasteiger charge is 2.10. The van der Waals surface area contributed by atoms with E-state index in [2.05, 4.69) is 15.3 Å². The van der Waals surface area contributed by atoms with Crippen molar-refractivity contribution in [3.8, 4) is 0 Å². The van der Waals surface area contributed by atoms with Crippen LogP contribution < -0.4 is 5.32 Å². The Balaban J connectivity index is 2.33. The van der Waals surface area contributed by atoms with Crippen LogP contribution in [0.5, 0.6) is 0 Å². The molecule has 2 N–H and O–H groups in total. The van der Waals surface area contributed by atoms with E-state index in [1.165, 1.54) is 12.3 Å². The third kappa shape index (κ3) is 2.57. The summed E-state index contributed by atoms with van der Waals surface area (Å²) in [5, 5.41) is 11.9. The number of nitrogens with one attached hydrogen (secondary N) is 1. The zero-order chi connectivity index (χ0) is 12.3. The average Bonchev–Trinajstić information content (AvgIpc) is 2.29. The summed E-state index contributed by atoms with van der Waals surface area (Å²) in [5.41, 5.74) is 0.971. The van der Waals surface area contributed by atoms with Gasteiger partial charge in [-0.05, 0) is 31.2 Å². The van der Waals surface area contributed by atoms with Crippen LogP contribution in [0.4, 0.5) is 11.6 Å². The average molecular weight is 229 g/mol. The second kappa shape index (κ2) is 4.61. The number of aromatic nitrogens is 2. The smallest absolute Gasteiger partial charge is 0.339 e. The molecule has 0 saturated heterocycles. The van der Waals surface area contributed by atoms with Crippen molar-refractivity contribution in [2.24, 2.45) is 0 Å². The number of aromatic carboxylic acids is 1. The van der Waals surface area contributed by atoms with Crippen LogP contribution in [0.2, 0.25) is 0 Å². The molecule has 2 aromatic heterocycles. The molecule has 0 bridgehead atoms. The van der Waals surface area contributed by atoms with E-state index in [0.717, 1.165) is 5.69 Å². The largest absolute Gasteiger partial charge is 0.478 e. The Kier molecular flexibility index (Phi) is 3.00. The lowest BCUT2D eigenvalue weighted by atomic mass is 10.2. The lowest BCUT2D eigenvalue weighted by molar-refractivity contribution is 0.0697. The maximum Gasteiger partial charge on any atom is 0.339 e. The molecule has 0 aliphatic carbocycles. The minimum absolute atomic E-state index is 0.121. The number of rotatable bonds is 3. The van der Waals surface area contributed by atoms with E-state index < -0.39 is 5.97 Å². The maximum absolute atomic E-state index is 11.0. The van der Waals surface area contributed by atoms with Crippen molar-refractivity contribution in [3.05, 3.63) is 47.8 Å². The van der Waals surface area contributed by atoms with E-state index in [-0.39, 0.29) is 11.4 Å². The molecule has 5 nitrogen and oxygen atoms in total. The molecule has 0 aromatic carbocycles. The van der Waals surface area contributed by atoms with Gasteiger partial charge in [-0.3, -0.25) is 0 Å². The van der Waals surface area contributed by atoms with Crippen LogP contribution in [0.15, 0.2) is 36.5 Å². The molecule has 0 radical (unpaired) electrons. The highest BCUT2D eigenvalue weighted by atomic mass is 16.4. The quantitative estimate of drug-likeness (QED) is 0.844. The number of nitrogens with zero attached hydrogens (tertiary/aromatic N) is 2. The molecule has 0 fully saturated rings. The van der Waals surface area contributed by atoms with Crippen molar-refractivity contribution in [2.75, 3.05) is 5.32 Å². The number of carboxylic acids is 1. The first-order chi connectivity index (χ1) is 8.16. The first kappa shape index (κ1) is 11.1. The van der Waals surface area contributed by atoms with E-state index in [4.69, 9.17) is 5.11 Å². The van der Waals surface area contributed by atoms with Gasteiger partial charge in [-0.15, -0.1) is 0 Å². The van der Waals surface area contributed by atoms with E-state index in [0.29, 0.717) is 5.82 Å². The Hall–Kier alpha value is -2.43. The normalized spacial score (nSPS) is 9.94. The molecule has 2 rings (SSSR count). The van der Waals surface area contributed by atoms with Crippen LogP contribution in [0.3, 0.4) is 0 Å². The van der Waals surface area contributed by atoms with Crippen LogP contribution in [0.25, 0.3) is 0 Å². The second-order valence-corrected chi connectivity index (χ2v) is 3.49. The van der Waals surface area contributed by atoms with Gasteiger partial charge in [-0.2, -0.15) is 0 Å². The van der Waals surface area contributed by atoms with E-state index in [1.54, 1.807) is 12.1 Å². The fourth-order valence-corrected chi connectivity index (χ4v) is 1.41. The van der Waals surface area contributed by atoms with Gasteiger partial charge < -0.3 is 10.4 Å². The zero-order valence-corrected chi connectivity index (χ0v) is 9.21. The highest BCUT2D eigenvalue weighted by molar-refractivity contribution is 5.93. The molecule has 0 aliphatic rings. The van der Waals surface area contributed by atoms with Gasteiger partial charge in [0, 0.05) is 11.9 Å². The topological polar surface area (TPSA) is 75.1 Å². The molecule has 0 aliphatic heterocycles. The Morgan fingerprint density at radius 3 is 2.82 bits per heavy atom. The van der Waals surface area contributed by atoms with Gasteiger partial charge in [0.15, 0.2) is 0 Å². The van der Waals surface area contributed by atoms with Crippen molar-refractivity contribution >= 4 is 17.6 Å². The summed E-state index contributed by atoms with van der Waals surface area (Å²) in [6.07, 6.45) is 1.53. The minimum Gasteiger partial charge on any atom is -0.478 e. The van der Waals surface area contributed by atoms with Crippen molar-refractivity contribution in [1.82, 2.24) is 9.97 Å². The number of anilines is 2. The monoisotopic (exact) mass is 229 g/mol. The number of carboxylic acid groups (broad SMARTS) is 1. The predicted octanol–water partition coefficient (Wildman–Crippen LogP) is 2.23. The van der Waals surface area contributed by atoms with E-state index in [1.807, 2.05) is 19.1 Å². The maximum atomic E-state index is 11.0. The summed E-state index contributed by atoms with van der Waals surface area (Å²) < 4.78 is 0. The SMILES string of the molecule is Cc1cccc(Nc2ncccc2C(=O)O)n1. The molecule has 2 aromatic rings.